The zero-order chi connectivity index (χ0) is 25.4. The highest BCUT2D eigenvalue weighted by atomic mass is 15.2. The number of nitrogens with zero attached hydrogens (tertiary/aromatic N) is 4. The van der Waals surface area contributed by atoms with Gasteiger partial charge in [-0.1, -0.05) is 48.5 Å². The molecule has 4 nitrogen and oxygen atoms in total. The lowest BCUT2D eigenvalue weighted by Crippen LogP contribution is -2.74. The van der Waals surface area contributed by atoms with Gasteiger partial charge in [0.1, 0.15) is 6.07 Å². The van der Waals surface area contributed by atoms with Crippen molar-refractivity contribution in [3.63, 3.8) is 0 Å². The number of benzene rings is 3. The predicted octanol–water partition coefficient (Wildman–Crippen LogP) is 5.81. The highest BCUT2D eigenvalue weighted by molar-refractivity contribution is 5.76. The number of pyridine rings is 2. The first-order chi connectivity index (χ1) is 18.8. The van der Waals surface area contributed by atoms with Crippen LogP contribution >= 0.6 is 0 Å². The number of hydrogen-bond donors (Lipinski definition) is 0. The van der Waals surface area contributed by atoms with Crippen LogP contribution in [0.15, 0.2) is 109 Å². The number of hydrogen-bond acceptors (Lipinski definition) is 2. The lowest BCUT2D eigenvalue weighted by Gasteiger charge is -2.48. The first kappa shape index (κ1) is 21.1. The van der Waals surface area contributed by atoms with Crippen LogP contribution in [-0.4, -0.2) is 0 Å². The maximum absolute atomic E-state index is 10.1. The van der Waals surface area contributed by atoms with Crippen LogP contribution in [-0.2, 0) is 5.54 Å². The summed E-state index contributed by atoms with van der Waals surface area (Å²) in [6.45, 7) is 0. The van der Waals surface area contributed by atoms with Crippen molar-refractivity contribution in [2.45, 2.75) is 23.9 Å². The molecule has 1 fully saturated rings. The Morgan fingerprint density at radius 1 is 0.711 bits per heavy atom. The van der Waals surface area contributed by atoms with Gasteiger partial charge in [-0.15, -0.1) is 0 Å². The lowest BCUT2D eigenvalue weighted by molar-refractivity contribution is -0.852. The van der Waals surface area contributed by atoms with Crippen molar-refractivity contribution in [1.29, 1.82) is 10.5 Å². The van der Waals surface area contributed by atoms with Gasteiger partial charge < -0.3 is 0 Å². The smallest absolute Gasteiger partial charge is 0.192 e. The van der Waals surface area contributed by atoms with Gasteiger partial charge in [0.15, 0.2) is 12.4 Å². The molecule has 4 heterocycles. The third kappa shape index (κ3) is 2.47. The standard InChI is InChI=1S/C34H22N4/c35-19-23-13-14-24(20-36)32-30-12-6-7-17-37(30)33-27(31(23)32)18-34(33)28-11-5-4-10-26(28)29-16-15-25(21-38(29)34)22-8-2-1-3-9-22/h1-17,21,27,33H,18H2/q+2. The second-order valence-electron chi connectivity index (χ2n) is 10.4. The summed E-state index contributed by atoms with van der Waals surface area (Å²) >= 11 is 0. The maximum Gasteiger partial charge on any atom is 0.256 e. The molecule has 3 aliphatic rings. The van der Waals surface area contributed by atoms with Gasteiger partial charge in [-0.25, -0.2) is 0 Å². The van der Waals surface area contributed by atoms with Crippen LogP contribution in [0.3, 0.4) is 0 Å². The molecule has 38 heavy (non-hydrogen) atoms. The molecule has 2 aliphatic heterocycles. The summed E-state index contributed by atoms with van der Waals surface area (Å²) in [4.78, 5) is 0. The average Bonchev–Trinajstić information content (AvgIpc) is 3.27. The van der Waals surface area contributed by atoms with Gasteiger partial charge in [0.2, 0.25) is 17.4 Å². The van der Waals surface area contributed by atoms with Gasteiger partial charge in [-0.3, -0.25) is 0 Å². The molecule has 0 amide bonds. The summed E-state index contributed by atoms with van der Waals surface area (Å²) in [7, 11) is 0. The highest BCUT2D eigenvalue weighted by Crippen LogP contribution is 2.63. The Hall–Kier alpha value is -5.06. The van der Waals surface area contributed by atoms with E-state index in [0.29, 0.717) is 11.1 Å². The van der Waals surface area contributed by atoms with E-state index in [0.717, 1.165) is 23.2 Å². The Morgan fingerprint density at radius 3 is 2.32 bits per heavy atom. The van der Waals surface area contributed by atoms with Gasteiger partial charge in [0.05, 0.1) is 34.2 Å². The first-order valence-electron chi connectivity index (χ1n) is 13.0. The molecule has 0 N–H and O–H groups in total. The number of nitriles is 2. The molecule has 3 atom stereocenters. The molecule has 3 unspecified atom stereocenters. The quantitative estimate of drug-likeness (QED) is 0.281. The van der Waals surface area contributed by atoms with Crippen molar-refractivity contribution < 1.29 is 9.13 Å². The van der Waals surface area contributed by atoms with Crippen LogP contribution in [0, 0.1) is 22.7 Å². The summed E-state index contributed by atoms with van der Waals surface area (Å²) < 4.78 is 4.86. The zero-order valence-corrected chi connectivity index (χ0v) is 20.5. The molecule has 0 bridgehead atoms. The number of fused-ring (bicyclic) bond motifs is 12. The van der Waals surface area contributed by atoms with Crippen LogP contribution in [0.1, 0.15) is 40.6 Å². The summed E-state index contributed by atoms with van der Waals surface area (Å²) in [5, 5.41) is 20.1. The van der Waals surface area contributed by atoms with E-state index >= 15 is 0 Å². The molecule has 1 spiro atoms. The summed E-state index contributed by atoms with van der Waals surface area (Å²) in [5.74, 6) is 0.125. The molecule has 1 saturated carbocycles. The fourth-order valence-electron chi connectivity index (χ4n) is 7.38. The minimum Gasteiger partial charge on any atom is -0.192 e. The zero-order valence-electron chi connectivity index (χ0n) is 20.5. The third-order valence-electron chi connectivity index (χ3n) is 8.86. The van der Waals surface area contributed by atoms with E-state index in [-0.39, 0.29) is 17.5 Å². The molecule has 1 aliphatic carbocycles. The van der Waals surface area contributed by atoms with Crippen molar-refractivity contribution >= 4 is 0 Å². The highest BCUT2D eigenvalue weighted by Gasteiger charge is 2.74. The van der Waals surface area contributed by atoms with E-state index in [9.17, 15) is 10.5 Å². The Bertz CT molecular complexity index is 1890. The average molecular weight is 487 g/mol. The maximum atomic E-state index is 10.1. The van der Waals surface area contributed by atoms with Crippen LogP contribution in [0.2, 0.25) is 0 Å². The Morgan fingerprint density at radius 2 is 1.47 bits per heavy atom. The Balaban J connectivity index is 1.42. The second kappa shape index (κ2) is 7.48. The molecule has 4 heteroatoms. The molecular formula is C34H22N4+2. The monoisotopic (exact) mass is 486 g/mol. The van der Waals surface area contributed by atoms with Crippen LogP contribution < -0.4 is 9.13 Å². The van der Waals surface area contributed by atoms with Gasteiger partial charge in [0, 0.05) is 35.7 Å². The second-order valence-corrected chi connectivity index (χ2v) is 10.4. The van der Waals surface area contributed by atoms with Crippen molar-refractivity contribution in [2.75, 3.05) is 0 Å². The summed E-state index contributed by atoms with van der Waals surface area (Å²) in [6, 6.07) is 38.5. The van der Waals surface area contributed by atoms with E-state index in [1.54, 1.807) is 6.07 Å². The van der Waals surface area contributed by atoms with Crippen LogP contribution in [0.4, 0.5) is 0 Å². The molecular weight excluding hydrogens is 464 g/mol. The minimum absolute atomic E-state index is 0.0747. The molecule has 8 rings (SSSR count). The largest absolute Gasteiger partial charge is 0.256 e. The topological polar surface area (TPSA) is 55.3 Å². The molecule has 0 radical (unpaired) electrons. The summed E-state index contributed by atoms with van der Waals surface area (Å²) in [6.07, 6.45) is 5.33. The number of rotatable bonds is 1. The predicted molar refractivity (Wildman–Crippen MR) is 142 cm³/mol. The lowest BCUT2D eigenvalue weighted by atomic mass is 9.55. The Kier molecular flexibility index (Phi) is 4.15. The fraction of sp³-hybridized carbons (Fsp3) is 0.118. The molecule has 0 saturated heterocycles. The van der Waals surface area contributed by atoms with Gasteiger partial charge in [-0.05, 0) is 41.5 Å². The van der Waals surface area contributed by atoms with Gasteiger partial charge in [-0.2, -0.15) is 19.7 Å². The molecule has 5 aromatic rings. The van der Waals surface area contributed by atoms with Gasteiger partial charge >= 0.3 is 0 Å². The van der Waals surface area contributed by atoms with Crippen molar-refractivity contribution in [3.8, 4) is 45.8 Å². The van der Waals surface area contributed by atoms with E-state index in [1.807, 2.05) is 18.2 Å². The van der Waals surface area contributed by atoms with E-state index in [1.165, 1.54) is 27.9 Å². The van der Waals surface area contributed by atoms with Crippen LogP contribution in [0.5, 0.6) is 0 Å². The first-order valence-corrected chi connectivity index (χ1v) is 13.0. The Labute approximate surface area is 220 Å². The fourth-order valence-corrected chi connectivity index (χ4v) is 7.38. The normalized spacial score (nSPS) is 21.1. The number of aromatic nitrogens is 2. The van der Waals surface area contributed by atoms with Crippen molar-refractivity contribution in [2.24, 2.45) is 0 Å². The molecule has 176 valence electrons. The third-order valence-corrected chi connectivity index (χ3v) is 8.86. The molecule has 2 aromatic heterocycles. The van der Waals surface area contributed by atoms with Crippen molar-refractivity contribution in [1.82, 2.24) is 0 Å². The van der Waals surface area contributed by atoms with Gasteiger partial charge in [0.25, 0.3) is 5.54 Å². The van der Waals surface area contributed by atoms with E-state index < -0.39 is 0 Å². The van der Waals surface area contributed by atoms with E-state index in [2.05, 4.69) is 106 Å². The van der Waals surface area contributed by atoms with E-state index in [4.69, 9.17) is 0 Å². The SMILES string of the molecule is N#Cc1ccc(C#N)c2c1-c1cccc[n+]1C1C2CC12c1ccccc1-c1ccc(-c3ccccc3)c[n+]12. The summed E-state index contributed by atoms with van der Waals surface area (Å²) in [5.41, 5.74) is 10.1. The van der Waals surface area contributed by atoms with Crippen molar-refractivity contribution in [3.05, 3.63) is 132 Å². The minimum atomic E-state index is -0.296. The molecule has 3 aromatic carbocycles. The van der Waals surface area contributed by atoms with Crippen LogP contribution in [0.25, 0.3) is 33.6 Å².